The van der Waals surface area contributed by atoms with Crippen LogP contribution >= 0.6 is 11.8 Å². The molecular weight excluding hydrogens is 464 g/mol. The first-order valence-electron chi connectivity index (χ1n) is 11.7. The fourth-order valence-corrected chi connectivity index (χ4v) is 5.36. The molecule has 0 saturated carbocycles. The van der Waals surface area contributed by atoms with E-state index in [-0.39, 0.29) is 19.8 Å². The Morgan fingerprint density at radius 2 is 1.60 bits per heavy atom. The van der Waals surface area contributed by atoms with E-state index in [1.54, 1.807) is 18.9 Å². The molecule has 1 unspecified atom stereocenters. The van der Waals surface area contributed by atoms with E-state index in [9.17, 15) is 10.2 Å². The maximum Gasteiger partial charge on any atom is 0.161 e. The number of aliphatic hydroxyl groups is 3. The van der Waals surface area contributed by atoms with Gasteiger partial charge in [0.1, 0.15) is 6.61 Å². The summed E-state index contributed by atoms with van der Waals surface area (Å²) < 4.78 is 11.0. The molecule has 1 heterocycles. The summed E-state index contributed by atoms with van der Waals surface area (Å²) in [6.45, 7) is 1.93. The Hall–Kier alpha value is -2.75. The van der Waals surface area contributed by atoms with Gasteiger partial charge in [0.2, 0.25) is 0 Å². The largest absolute Gasteiger partial charge is 0.493 e. The second-order valence-electron chi connectivity index (χ2n) is 8.32. The zero-order chi connectivity index (χ0) is 24.6. The average Bonchev–Trinajstić information content (AvgIpc) is 2.87. The van der Waals surface area contributed by atoms with Crippen LogP contribution in [0.4, 0.5) is 11.4 Å². The van der Waals surface area contributed by atoms with Crippen molar-refractivity contribution in [2.24, 2.45) is 0 Å². The van der Waals surface area contributed by atoms with Gasteiger partial charge in [-0.05, 0) is 42.0 Å². The van der Waals surface area contributed by atoms with E-state index in [0.717, 1.165) is 16.9 Å². The predicted molar refractivity (Wildman–Crippen MR) is 138 cm³/mol. The lowest BCUT2D eigenvalue weighted by atomic mass is 10.1. The van der Waals surface area contributed by atoms with Gasteiger partial charge < -0.3 is 29.7 Å². The molecule has 8 heteroatoms. The maximum absolute atomic E-state index is 11.1. The lowest BCUT2D eigenvalue weighted by Crippen LogP contribution is -2.40. The van der Waals surface area contributed by atoms with Crippen molar-refractivity contribution < 1.29 is 24.8 Å². The van der Waals surface area contributed by atoms with Crippen LogP contribution in [0.3, 0.4) is 0 Å². The summed E-state index contributed by atoms with van der Waals surface area (Å²) in [6.07, 6.45) is -0.639. The number of benzene rings is 3. The van der Waals surface area contributed by atoms with Crippen molar-refractivity contribution in [3.8, 4) is 11.5 Å². The predicted octanol–water partition coefficient (Wildman–Crippen LogP) is 3.52. The Kier molecular flexibility index (Phi) is 8.90. The van der Waals surface area contributed by atoms with E-state index in [1.807, 2.05) is 47.4 Å². The first-order chi connectivity index (χ1) is 17.1. The molecule has 0 spiro atoms. The van der Waals surface area contributed by atoms with E-state index in [1.165, 1.54) is 9.79 Å². The molecule has 0 fully saturated rings. The van der Waals surface area contributed by atoms with Crippen molar-refractivity contribution in [2.75, 3.05) is 51.5 Å². The van der Waals surface area contributed by atoms with E-state index < -0.39 is 6.10 Å². The van der Waals surface area contributed by atoms with Crippen molar-refractivity contribution >= 4 is 23.1 Å². The Balaban J connectivity index is 1.47. The number of hydrogen-bond acceptors (Lipinski definition) is 8. The molecule has 1 aliphatic rings. The Labute approximate surface area is 210 Å². The van der Waals surface area contributed by atoms with Crippen LogP contribution in [0.15, 0.2) is 76.5 Å². The first kappa shape index (κ1) is 25.3. The third-order valence-corrected chi connectivity index (χ3v) is 6.92. The molecule has 0 bridgehead atoms. The molecular formula is C27H32N2O5S. The maximum atomic E-state index is 11.1. The number of hydrogen-bond donors (Lipinski definition) is 3. The zero-order valence-electron chi connectivity index (χ0n) is 19.8. The van der Waals surface area contributed by atoms with Crippen molar-refractivity contribution in [2.45, 2.75) is 22.4 Å². The number of rotatable bonds is 12. The standard InChI is InChI=1S/C27H32N2O5S/c1-33-25-16-20(10-11-24(25)34-15-14-31)17-28(12-13-30)18-21(32)19-29-22-6-2-4-8-26(22)35-27-9-5-3-7-23(27)29/h2-11,16,21,30-32H,12-15,17-19H2,1H3. The van der Waals surface area contributed by atoms with E-state index in [4.69, 9.17) is 14.6 Å². The van der Waals surface area contributed by atoms with Crippen LogP contribution in [0.2, 0.25) is 0 Å². The third-order valence-electron chi connectivity index (χ3n) is 5.79. The molecule has 0 aliphatic carbocycles. The van der Waals surface area contributed by atoms with Gasteiger partial charge in [-0.1, -0.05) is 42.1 Å². The minimum absolute atomic E-state index is 0.00638. The Morgan fingerprint density at radius 3 is 2.23 bits per heavy atom. The van der Waals surface area contributed by atoms with Gasteiger partial charge in [0.25, 0.3) is 0 Å². The quantitative estimate of drug-likeness (QED) is 0.351. The number of β-amino-alcohol motifs (C(OH)–C–C–N with tert-alkyl or cyclic N) is 1. The van der Waals surface area contributed by atoms with Crippen LogP contribution in [0.1, 0.15) is 5.56 Å². The molecule has 0 saturated heterocycles. The minimum Gasteiger partial charge on any atom is -0.493 e. The molecule has 3 aromatic rings. The highest BCUT2D eigenvalue weighted by Gasteiger charge is 2.25. The average molecular weight is 497 g/mol. The molecule has 186 valence electrons. The SMILES string of the molecule is COc1cc(CN(CCO)CC(O)CN2c3ccccc3Sc3ccccc32)ccc1OCCO. The molecule has 7 nitrogen and oxygen atoms in total. The lowest BCUT2D eigenvalue weighted by Gasteiger charge is -2.35. The van der Waals surface area contributed by atoms with E-state index >= 15 is 0 Å². The number of ether oxygens (including phenoxy) is 2. The van der Waals surface area contributed by atoms with Gasteiger partial charge in [0.15, 0.2) is 11.5 Å². The second-order valence-corrected chi connectivity index (χ2v) is 9.40. The van der Waals surface area contributed by atoms with Gasteiger partial charge in [-0.15, -0.1) is 0 Å². The van der Waals surface area contributed by atoms with Crippen molar-refractivity contribution in [1.29, 1.82) is 0 Å². The molecule has 3 aromatic carbocycles. The summed E-state index contributed by atoms with van der Waals surface area (Å²) in [7, 11) is 1.58. The molecule has 35 heavy (non-hydrogen) atoms. The van der Waals surface area contributed by atoms with Crippen LogP contribution in [-0.2, 0) is 6.54 Å². The molecule has 1 aliphatic heterocycles. The number of aliphatic hydroxyl groups excluding tert-OH is 3. The fourth-order valence-electron chi connectivity index (χ4n) is 4.26. The summed E-state index contributed by atoms with van der Waals surface area (Å²) in [4.78, 5) is 6.55. The summed E-state index contributed by atoms with van der Waals surface area (Å²) in [5.41, 5.74) is 3.16. The van der Waals surface area contributed by atoms with Gasteiger partial charge in [-0.3, -0.25) is 4.90 Å². The molecule has 4 rings (SSSR count). The van der Waals surface area contributed by atoms with E-state index in [0.29, 0.717) is 37.7 Å². The van der Waals surface area contributed by atoms with E-state index in [2.05, 4.69) is 29.2 Å². The smallest absolute Gasteiger partial charge is 0.161 e. The van der Waals surface area contributed by atoms with Crippen molar-refractivity contribution in [3.05, 3.63) is 72.3 Å². The van der Waals surface area contributed by atoms with Crippen LogP contribution in [0.5, 0.6) is 11.5 Å². The summed E-state index contributed by atoms with van der Waals surface area (Å²) in [5.74, 6) is 1.15. The van der Waals surface area contributed by atoms with Crippen molar-refractivity contribution in [3.63, 3.8) is 0 Å². The molecule has 3 N–H and O–H groups in total. The number of para-hydroxylation sites is 2. The van der Waals surface area contributed by atoms with Crippen LogP contribution in [0, 0.1) is 0 Å². The van der Waals surface area contributed by atoms with Crippen LogP contribution in [-0.4, -0.2) is 72.9 Å². The Morgan fingerprint density at radius 1 is 0.914 bits per heavy atom. The monoisotopic (exact) mass is 496 g/mol. The van der Waals surface area contributed by atoms with Crippen molar-refractivity contribution in [1.82, 2.24) is 4.90 Å². The topological polar surface area (TPSA) is 85.6 Å². The normalized spacial score (nSPS) is 13.3. The highest BCUT2D eigenvalue weighted by molar-refractivity contribution is 7.99. The number of methoxy groups -OCH3 is 1. The number of fused-ring (bicyclic) bond motifs is 2. The van der Waals surface area contributed by atoms with Gasteiger partial charge >= 0.3 is 0 Å². The highest BCUT2D eigenvalue weighted by Crippen LogP contribution is 2.47. The summed E-state index contributed by atoms with van der Waals surface area (Å²) in [6, 6.07) is 22.1. The highest BCUT2D eigenvalue weighted by atomic mass is 32.2. The summed E-state index contributed by atoms with van der Waals surface area (Å²) >= 11 is 1.74. The first-order valence-corrected chi connectivity index (χ1v) is 12.5. The lowest BCUT2D eigenvalue weighted by molar-refractivity contribution is 0.100. The Bertz CT molecular complexity index is 1070. The molecule has 0 radical (unpaired) electrons. The molecule has 0 aromatic heterocycles. The van der Waals surface area contributed by atoms with Crippen LogP contribution in [0.25, 0.3) is 0 Å². The molecule has 1 atom stereocenters. The minimum atomic E-state index is -0.639. The van der Waals surface area contributed by atoms with Gasteiger partial charge in [0.05, 0.1) is 44.3 Å². The summed E-state index contributed by atoms with van der Waals surface area (Å²) in [5, 5.41) is 29.8. The fraction of sp³-hybridized carbons (Fsp3) is 0.333. The molecule has 0 amide bonds. The number of anilines is 2. The van der Waals surface area contributed by atoms with Gasteiger partial charge in [-0.25, -0.2) is 0 Å². The van der Waals surface area contributed by atoms with Crippen LogP contribution < -0.4 is 14.4 Å². The second kappa shape index (κ2) is 12.3. The van der Waals surface area contributed by atoms with Gasteiger partial charge in [0, 0.05) is 29.4 Å². The zero-order valence-corrected chi connectivity index (χ0v) is 20.7. The van der Waals surface area contributed by atoms with Gasteiger partial charge in [-0.2, -0.15) is 0 Å². The third kappa shape index (κ3) is 6.28. The number of nitrogens with zero attached hydrogens (tertiary/aromatic N) is 2.